The van der Waals surface area contributed by atoms with Gasteiger partial charge in [-0.25, -0.2) is 15.8 Å². The SMILES string of the molecule is CC(C)(C)c1nc(NN)cc(N2CCOC(CO)C2)n1. The highest BCUT2D eigenvalue weighted by Gasteiger charge is 2.24. The van der Waals surface area contributed by atoms with Gasteiger partial charge >= 0.3 is 0 Å². The van der Waals surface area contributed by atoms with Crippen molar-refractivity contribution in [2.75, 3.05) is 36.6 Å². The van der Waals surface area contributed by atoms with Gasteiger partial charge in [0.15, 0.2) is 0 Å². The van der Waals surface area contributed by atoms with Crippen LogP contribution in [-0.2, 0) is 10.2 Å². The Morgan fingerprint density at radius 3 is 2.85 bits per heavy atom. The maximum atomic E-state index is 9.22. The maximum absolute atomic E-state index is 9.22. The summed E-state index contributed by atoms with van der Waals surface area (Å²) >= 11 is 0. The van der Waals surface area contributed by atoms with Crippen LogP contribution in [-0.4, -0.2) is 47.5 Å². The number of nitrogen functional groups attached to an aromatic ring is 1. The first-order valence-electron chi connectivity index (χ1n) is 6.77. The number of nitrogens with one attached hydrogen (secondary N) is 1. The van der Waals surface area contributed by atoms with Gasteiger partial charge in [-0.05, 0) is 0 Å². The summed E-state index contributed by atoms with van der Waals surface area (Å²) in [5, 5.41) is 9.22. The van der Waals surface area contributed by atoms with Crippen molar-refractivity contribution in [3.05, 3.63) is 11.9 Å². The van der Waals surface area contributed by atoms with Gasteiger partial charge in [-0.1, -0.05) is 20.8 Å². The van der Waals surface area contributed by atoms with Crippen LogP contribution < -0.4 is 16.2 Å². The van der Waals surface area contributed by atoms with Crippen LogP contribution in [0.1, 0.15) is 26.6 Å². The lowest BCUT2D eigenvalue weighted by Crippen LogP contribution is -2.44. The first-order valence-corrected chi connectivity index (χ1v) is 6.77. The van der Waals surface area contributed by atoms with E-state index in [1.807, 2.05) is 6.07 Å². The van der Waals surface area contributed by atoms with Gasteiger partial charge in [-0.3, -0.25) is 0 Å². The Labute approximate surface area is 119 Å². The smallest absolute Gasteiger partial charge is 0.145 e. The number of nitrogens with two attached hydrogens (primary N) is 1. The summed E-state index contributed by atoms with van der Waals surface area (Å²) in [6.07, 6.45) is -0.175. The molecule has 0 aromatic carbocycles. The van der Waals surface area contributed by atoms with Gasteiger partial charge in [0.2, 0.25) is 0 Å². The minimum atomic E-state index is -0.175. The number of rotatable bonds is 3. The maximum Gasteiger partial charge on any atom is 0.145 e. The summed E-state index contributed by atoms with van der Waals surface area (Å²) in [5.74, 6) is 7.62. The molecule has 0 aliphatic carbocycles. The summed E-state index contributed by atoms with van der Waals surface area (Å²) in [4.78, 5) is 11.1. The standard InChI is InChI=1S/C13H23N5O2/c1-13(2,3)12-15-10(17-14)6-11(16-12)18-4-5-20-9(7-18)8-19/h6,9,19H,4-5,7-8,14H2,1-3H3,(H,15,16,17). The Kier molecular flexibility index (Phi) is 4.42. The molecule has 1 fully saturated rings. The zero-order chi connectivity index (χ0) is 14.8. The summed E-state index contributed by atoms with van der Waals surface area (Å²) in [7, 11) is 0. The second-order valence-electron chi connectivity index (χ2n) is 5.95. The van der Waals surface area contributed by atoms with Crippen LogP contribution in [0, 0.1) is 0 Å². The average molecular weight is 281 g/mol. The number of nitrogens with zero attached hydrogens (tertiary/aromatic N) is 3. The van der Waals surface area contributed by atoms with Crippen molar-refractivity contribution < 1.29 is 9.84 Å². The molecule has 2 rings (SSSR count). The normalized spacial score (nSPS) is 20.1. The Morgan fingerprint density at radius 1 is 1.50 bits per heavy atom. The van der Waals surface area contributed by atoms with Gasteiger partial charge in [0.05, 0.1) is 19.3 Å². The van der Waals surface area contributed by atoms with Crippen molar-refractivity contribution in [2.24, 2.45) is 5.84 Å². The number of hydrazine groups is 1. The third-order valence-corrected chi connectivity index (χ3v) is 3.20. The van der Waals surface area contributed by atoms with E-state index in [4.69, 9.17) is 10.6 Å². The van der Waals surface area contributed by atoms with E-state index in [9.17, 15) is 5.11 Å². The van der Waals surface area contributed by atoms with Gasteiger partial charge in [0.25, 0.3) is 0 Å². The lowest BCUT2D eigenvalue weighted by molar-refractivity contribution is 0.00334. The van der Waals surface area contributed by atoms with Crippen LogP contribution in [0.4, 0.5) is 11.6 Å². The fourth-order valence-electron chi connectivity index (χ4n) is 2.04. The van der Waals surface area contributed by atoms with Gasteiger partial charge in [-0.15, -0.1) is 0 Å². The van der Waals surface area contributed by atoms with E-state index in [1.165, 1.54) is 0 Å². The number of aliphatic hydroxyl groups excluding tert-OH is 1. The quantitative estimate of drug-likeness (QED) is 0.540. The Morgan fingerprint density at radius 2 is 2.25 bits per heavy atom. The highest BCUT2D eigenvalue weighted by molar-refractivity contribution is 5.49. The van der Waals surface area contributed by atoms with Crippen molar-refractivity contribution in [1.82, 2.24) is 9.97 Å². The molecule has 4 N–H and O–H groups in total. The molecule has 1 aliphatic rings. The fourth-order valence-corrected chi connectivity index (χ4v) is 2.04. The molecule has 0 saturated carbocycles. The third-order valence-electron chi connectivity index (χ3n) is 3.20. The van der Waals surface area contributed by atoms with E-state index >= 15 is 0 Å². The number of aromatic nitrogens is 2. The summed E-state index contributed by atoms with van der Waals surface area (Å²) in [5.41, 5.74) is 2.42. The lowest BCUT2D eigenvalue weighted by atomic mass is 9.96. The number of ether oxygens (including phenoxy) is 1. The van der Waals surface area contributed by atoms with Crippen LogP contribution in [0.5, 0.6) is 0 Å². The van der Waals surface area contributed by atoms with Crippen LogP contribution in [0.3, 0.4) is 0 Å². The second-order valence-corrected chi connectivity index (χ2v) is 5.95. The van der Waals surface area contributed by atoms with Crippen molar-refractivity contribution in [2.45, 2.75) is 32.3 Å². The predicted octanol–water partition coefficient (Wildman–Crippen LogP) is 0.257. The zero-order valence-electron chi connectivity index (χ0n) is 12.3. The van der Waals surface area contributed by atoms with Crippen LogP contribution >= 0.6 is 0 Å². The van der Waals surface area contributed by atoms with E-state index in [2.05, 4.69) is 41.1 Å². The molecule has 20 heavy (non-hydrogen) atoms. The number of hydrogen-bond acceptors (Lipinski definition) is 7. The highest BCUT2D eigenvalue weighted by atomic mass is 16.5. The number of anilines is 2. The van der Waals surface area contributed by atoms with Crippen molar-refractivity contribution in [1.29, 1.82) is 0 Å². The molecular weight excluding hydrogens is 258 g/mol. The fraction of sp³-hybridized carbons (Fsp3) is 0.692. The van der Waals surface area contributed by atoms with Gasteiger partial charge in [0, 0.05) is 24.6 Å². The van der Waals surface area contributed by atoms with E-state index in [0.717, 1.165) is 18.2 Å². The first kappa shape index (κ1) is 15.0. The van der Waals surface area contributed by atoms with Crippen LogP contribution in [0.2, 0.25) is 0 Å². The number of aliphatic hydroxyl groups is 1. The lowest BCUT2D eigenvalue weighted by Gasteiger charge is -2.33. The highest BCUT2D eigenvalue weighted by Crippen LogP contribution is 2.24. The van der Waals surface area contributed by atoms with Crippen LogP contribution in [0.15, 0.2) is 6.07 Å². The topological polar surface area (TPSA) is 96.5 Å². The molecule has 1 unspecified atom stereocenters. The number of hydrogen-bond donors (Lipinski definition) is 3. The molecule has 0 amide bonds. The minimum absolute atomic E-state index is 0.00963. The monoisotopic (exact) mass is 281 g/mol. The molecule has 1 atom stereocenters. The molecule has 2 heterocycles. The molecule has 112 valence electrons. The van der Waals surface area contributed by atoms with Crippen molar-refractivity contribution in [3.8, 4) is 0 Å². The molecule has 0 radical (unpaired) electrons. The van der Waals surface area contributed by atoms with Gasteiger partial charge in [-0.2, -0.15) is 0 Å². The third kappa shape index (κ3) is 3.36. The van der Waals surface area contributed by atoms with E-state index in [1.54, 1.807) is 0 Å². The zero-order valence-corrected chi connectivity index (χ0v) is 12.3. The molecule has 1 saturated heterocycles. The molecule has 7 nitrogen and oxygen atoms in total. The molecule has 0 bridgehead atoms. The Bertz CT molecular complexity index is 461. The largest absolute Gasteiger partial charge is 0.394 e. The van der Waals surface area contributed by atoms with Gasteiger partial charge in [0.1, 0.15) is 17.5 Å². The molecule has 7 heteroatoms. The van der Waals surface area contributed by atoms with E-state index in [0.29, 0.717) is 19.0 Å². The summed E-state index contributed by atoms with van der Waals surface area (Å²) < 4.78 is 5.46. The van der Waals surface area contributed by atoms with Crippen molar-refractivity contribution >= 4 is 11.6 Å². The first-order chi connectivity index (χ1) is 9.44. The van der Waals surface area contributed by atoms with Crippen molar-refractivity contribution in [3.63, 3.8) is 0 Å². The predicted molar refractivity (Wildman–Crippen MR) is 77.6 cm³/mol. The minimum Gasteiger partial charge on any atom is -0.394 e. The van der Waals surface area contributed by atoms with Gasteiger partial charge < -0.3 is 20.2 Å². The average Bonchev–Trinajstić information content (AvgIpc) is 2.46. The Hall–Kier alpha value is -1.44. The summed E-state index contributed by atoms with van der Waals surface area (Å²) in [6, 6.07) is 1.81. The number of morpholine rings is 1. The molecule has 1 aliphatic heterocycles. The summed E-state index contributed by atoms with van der Waals surface area (Å²) in [6.45, 7) is 8.11. The molecule has 1 aromatic rings. The molecule has 0 spiro atoms. The molecule has 1 aromatic heterocycles. The van der Waals surface area contributed by atoms with Crippen LogP contribution in [0.25, 0.3) is 0 Å². The van der Waals surface area contributed by atoms with E-state index in [-0.39, 0.29) is 18.1 Å². The van der Waals surface area contributed by atoms with E-state index < -0.39 is 0 Å². The Balaban J connectivity index is 2.30. The second kappa shape index (κ2) is 5.90. The molecular formula is C13H23N5O2.